The van der Waals surface area contributed by atoms with Crippen LogP contribution in [0.5, 0.6) is 0 Å². The molecule has 0 saturated carbocycles. The van der Waals surface area contributed by atoms with Gasteiger partial charge in [0.25, 0.3) is 0 Å². The molecule has 0 amide bonds. The van der Waals surface area contributed by atoms with Gasteiger partial charge in [-0.1, -0.05) is 25.5 Å². The molecular formula is C17H34N4. The number of nitrogens with one attached hydrogen (secondary N) is 2. The van der Waals surface area contributed by atoms with E-state index in [1.165, 1.54) is 25.7 Å². The molecule has 0 aromatic heterocycles. The van der Waals surface area contributed by atoms with Gasteiger partial charge in [0.1, 0.15) is 0 Å². The highest BCUT2D eigenvalue weighted by Gasteiger charge is 2.04. The number of aliphatic imine (C=N–C) groups is 1. The van der Waals surface area contributed by atoms with Gasteiger partial charge >= 0.3 is 0 Å². The lowest BCUT2D eigenvalue weighted by Crippen LogP contribution is -2.39. The normalized spacial score (nSPS) is 16.0. The zero-order valence-corrected chi connectivity index (χ0v) is 14.2. The van der Waals surface area contributed by atoms with Gasteiger partial charge in [-0.05, 0) is 58.2 Å². The van der Waals surface area contributed by atoms with Gasteiger partial charge in [-0.25, -0.2) is 0 Å². The third-order valence-electron chi connectivity index (χ3n) is 4.19. The van der Waals surface area contributed by atoms with Crippen LogP contribution < -0.4 is 10.6 Å². The van der Waals surface area contributed by atoms with Crippen LogP contribution in [0.2, 0.25) is 0 Å². The van der Waals surface area contributed by atoms with Crippen LogP contribution in [-0.4, -0.2) is 50.6 Å². The molecule has 0 aliphatic heterocycles. The molecule has 0 saturated heterocycles. The SMILES string of the molecule is CCN(CC)CCCNC(=NC)NCCC1=CCCCC1. The predicted octanol–water partition coefficient (Wildman–Crippen LogP) is 2.77. The van der Waals surface area contributed by atoms with E-state index in [-0.39, 0.29) is 0 Å². The first-order valence-corrected chi connectivity index (χ1v) is 8.64. The zero-order valence-electron chi connectivity index (χ0n) is 14.2. The van der Waals surface area contributed by atoms with Gasteiger partial charge in [-0.15, -0.1) is 0 Å². The van der Waals surface area contributed by atoms with Crippen molar-refractivity contribution < 1.29 is 0 Å². The Labute approximate surface area is 131 Å². The molecule has 4 heteroatoms. The monoisotopic (exact) mass is 294 g/mol. The molecule has 122 valence electrons. The van der Waals surface area contributed by atoms with Crippen LogP contribution >= 0.6 is 0 Å². The minimum absolute atomic E-state index is 0.936. The first-order chi connectivity index (χ1) is 10.3. The molecular weight excluding hydrogens is 260 g/mol. The summed E-state index contributed by atoms with van der Waals surface area (Å²) in [5.74, 6) is 0.936. The Morgan fingerprint density at radius 2 is 1.95 bits per heavy atom. The summed E-state index contributed by atoms with van der Waals surface area (Å²) in [4.78, 5) is 6.74. The summed E-state index contributed by atoms with van der Waals surface area (Å²) in [7, 11) is 1.85. The Balaban J connectivity index is 2.10. The first-order valence-electron chi connectivity index (χ1n) is 8.64. The van der Waals surface area contributed by atoms with Crippen molar-refractivity contribution in [1.82, 2.24) is 15.5 Å². The van der Waals surface area contributed by atoms with Crippen LogP contribution in [0, 0.1) is 0 Å². The highest BCUT2D eigenvalue weighted by atomic mass is 15.2. The van der Waals surface area contributed by atoms with Gasteiger partial charge in [-0.3, -0.25) is 4.99 Å². The van der Waals surface area contributed by atoms with E-state index >= 15 is 0 Å². The summed E-state index contributed by atoms with van der Waals surface area (Å²) >= 11 is 0. The predicted molar refractivity (Wildman–Crippen MR) is 92.9 cm³/mol. The fourth-order valence-corrected chi connectivity index (χ4v) is 2.74. The molecule has 0 radical (unpaired) electrons. The Kier molecular flexibility index (Phi) is 9.96. The van der Waals surface area contributed by atoms with Crippen molar-refractivity contribution in [3.63, 3.8) is 0 Å². The maximum Gasteiger partial charge on any atom is 0.190 e. The maximum atomic E-state index is 4.29. The quantitative estimate of drug-likeness (QED) is 0.297. The molecule has 0 atom stereocenters. The smallest absolute Gasteiger partial charge is 0.190 e. The minimum Gasteiger partial charge on any atom is -0.356 e. The second-order valence-corrected chi connectivity index (χ2v) is 5.66. The summed E-state index contributed by atoms with van der Waals surface area (Å²) < 4.78 is 0. The summed E-state index contributed by atoms with van der Waals surface area (Å²) in [6.45, 7) is 9.84. The van der Waals surface area contributed by atoms with Crippen LogP contribution in [-0.2, 0) is 0 Å². The molecule has 21 heavy (non-hydrogen) atoms. The standard InChI is InChI=1S/C17H34N4/c1-4-21(5-2)15-9-13-19-17(18-3)20-14-12-16-10-7-6-8-11-16/h10H,4-9,11-15H2,1-3H3,(H2,18,19,20). The molecule has 0 aromatic carbocycles. The lowest BCUT2D eigenvalue weighted by Gasteiger charge is -2.18. The molecule has 0 fully saturated rings. The average molecular weight is 294 g/mol. The number of rotatable bonds is 9. The lowest BCUT2D eigenvalue weighted by molar-refractivity contribution is 0.300. The minimum atomic E-state index is 0.936. The third-order valence-corrected chi connectivity index (χ3v) is 4.19. The second-order valence-electron chi connectivity index (χ2n) is 5.66. The highest BCUT2D eigenvalue weighted by molar-refractivity contribution is 5.79. The molecule has 0 spiro atoms. The van der Waals surface area contributed by atoms with Gasteiger partial charge in [0.2, 0.25) is 0 Å². The molecule has 1 rings (SSSR count). The van der Waals surface area contributed by atoms with Crippen LogP contribution in [0.4, 0.5) is 0 Å². The van der Waals surface area contributed by atoms with Gasteiger partial charge in [0.05, 0.1) is 0 Å². The molecule has 2 N–H and O–H groups in total. The molecule has 1 aliphatic rings. The molecule has 0 heterocycles. The molecule has 0 aromatic rings. The Morgan fingerprint density at radius 1 is 1.19 bits per heavy atom. The average Bonchev–Trinajstić information content (AvgIpc) is 2.54. The number of hydrogen-bond acceptors (Lipinski definition) is 2. The van der Waals surface area contributed by atoms with E-state index in [1.54, 1.807) is 5.57 Å². The summed E-state index contributed by atoms with van der Waals surface area (Å²) in [5.41, 5.74) is 1.62. The fourth-order valence-electron chi connectivity index (χ4n) is 2.74. The van der Waals surface area contributed by atoms with Crippen LogP contribution in [0.3, 0.4) is 0 Å². The maximum absolute atomic E-state index is 4.29. The van der Waals surface area contributed by atoms with Crippen molar-refractivity contribution in [2.75, 3.05) is 39.8 Å². The van der Waals surface area contributed by atoms with Crippen LogP contribution in [0.15, 0.2) is 16.6 Å². The Hall–Kier alpha value is -1.03. The number of allylic oxidation sites excluding steroid dienone is 1. The van der Waals surface area contributed by atoms with Crippen molar-refractivity contribution >= 4 is 5.96 Å². The van der Waals surface area contributed by atoms with Crippen molar-refractivity contribution in [3.8, 4) is 0 Å². The summed E-state index contributed by atoms with van der Waals surface area (Å²) in [6, 6.07) is 0. The van der Waals surface area contributed by atoms with Crippen LogP contribution in [0.1, 0.15) is 52.4 Å². The van der Waals surface area contributed by atoms with Crippen molar-refractivity contribution in [3.05, 3.63) is 11.6 Å². The van der Waals surface area contributed by atoms with Gasteiger partial charge in [0.15, 0.2) is 5.96 Å². The van der Waals surface area contributed by atoms with E-state index in [2.05, 4.69) is 40.4 Å². The largest absolute Gasteiger partial charge is 0.356 e. The second kappa shape index (κ2) is 11.6. The van der Waals surface area contributed by atoms with E-state index in [9.17, 15) is 0 Å². The van der Waals surface area contributed by atoms with Crippen molar-refractivity contribution in [2.45, 2.75) is 52.4 Å². The summed E-state index contributed by atoms with van der Waals surface area (Å²) in [5, 5.41) is 6.82. The van der Waals surface area contributed by atoms with E-state index in [0.717, 1.165) is 51.5 Å². The number of hydrogen-bond donors (Lipinski definition) is 2. The molecule has 1 aliphatic carbocycles. The zero-order chi connectivity index (χ0) is 15.3. The van der Waals surface area contributed by atoms with Gasteiger partial charge < -0.3 is 15.5 Å². The summed E-state index contributed by atoms with van der Waals surface area (Å²) in [6.07, 6.45) is 10.0. The van der Waals surface area contributed by atoms with E-state index < -0.39 is 0 Å². The number of nitrogens with zero attached hydrogens (tertiary/aromatic N) is 2. The fraction of sp³-hybridized carbons (Fsp3) is 0.824. The Morgan fingerprint density at radius 3 is 2.57 bits per heavy atom. The van der Waals surface area contributed by atoms with Crippen LogP contribution in [0.25, 0.3) is 0 Å². The van der Waals surface area contributed by atoms with Gasteiger partial charge in [-0.2, -0.15) is 0 Å². The first kappa shape index (κ1) is 18.0. The third kappa shape index (κ3) is 8.10. The van der Waals surface area contributed by atoms with Gasteiger partial charge in [0, 0.05) is 20.1 Å². The Bertz CT molecular complexity index is 319. The van der Waals surface area contributed by atoms with Crippen molar-refractivity contribution in [1.29, 1.82) is 0 Å². The topological polar surface area (TPSA) is 39.7 Å². The lowest BCUT2D eigenvalue weighted by atomic mass is 9.97. The van der Waals surface area contributed by atoms with E-state index in [0.29, 0.717) is 0 Å². The molecule has 0 unspecified atom stereocenters. The van der Waals surface area contributed by atoms with Crippen molar-refractivity contribution in [2.24, 2.45) is 4.99 Å². The molecule has 0 bridgehead atoms. The van der Waals surface area contributed by atoms with E-state index in [4.69, 9.17) is 0 Å². The van der Waals surface area contributed by atoms with E-state index in [1.807, 2.05) is 7.05 Å². The number of guanidine groups is 1. The highest BCUT2D eigenvalue weighted by Crippen LogP contribution is 2.19. The molecule has 4 nitrogen and oxygen atoms in total.